The standard InChI is InChI=1S/C16H31NO4/c1-11(2)8-16(13(18)19,9-12(3)4)10-17-14(20)21-15(5,6)7/h11-12H,8-10H2,1-7H3,(H,17,20)(H,18,19). The van der Waals surface area contributed by atoms with Gasteiger partial charge in [0.05, 0.1) is 5.41 Å². The monoisotopic (exact) mass is 301 g/mol. The topological polar surface area (TPSA) is 75.6 Å². The molecule has 124 valence electrons. The van der Waals surface area contributed by atoms with Gasteiger partial charge >= 0.3 is 12.1 Å². The lowest BCUT2D eigenvalue weighted by molar-refractivity contribution is -0.151. The van der Waals surface area contributed by atoms with Gasteiger partial charge in [0.15, 0.2) is 0 Å². The summed E-state index contributed by atoms with van der Waals surface area (Å²) in [5.41, 5.74) is -1.54. The van der Waals surface area contributed by atoms with E-state index in [0.717, 1.165) is 0 Å². The third kappa shape index (κ3) is 7.93. The molecule has 0 aromatic carbocycles. The molecule has 0 rings (SSSR count). The fourth-order valence-electron chi connectivity index (χ4n) is 2.60. The number of amides is 1. The Kier molecular flexibility index (Phi) is 7.20. The van der Waals surface area contributed by atoms with Crippen LogP contribution >= 0.6 is 0 Å². The van der Waals surface area contributed by atoms with Crippen LogP contribution < -0.4 is 5.32 Å². The second-order valence-electron chi connectivity index (χ2n) is 7.64. The molecule has 0 bridgehead atoms. The first kappa shape index (κ1) is 19.7. The Morgan fingerprint density at radius 2 is 1.48 bits per heavy atom. The molecule has 0 saturated heterocycles. The van der Waals surface area contributed by atoms with E-state index < -0.39 is 23.1 Å². The Bertz CT molecular complexity index is 346. The lowest BCUT2D eigenvalue weighted by Gasteiger charge is -2.33. The van der Waals surface area contributed by atoms with Crippen LogP contribution in [0.3, 0.4) is 0 Å². The normalized spacial score (nSPS) is 12.6. The van der Waals surface area contributed by atoms with E-state index in [1.54, 1.807) is 20.8 Å². The van der Waals surface area contributed by atoms with Crippen molar-refractivity contribution in [3.63, 3.8) is 0 Å². The molecule has 0 aliphatic carbocycles. The molecule has 0 aromatic heterocycles. The SMILES string of the molecule is CC(C)CC(CNC(=O)OC(C)(C)C)(CC(C)C)C(=O)O. The Morgan fingerprint density at radius 3 is 1.76 bits per heavy atom. The van der Waals surface area contributed by atoms with E-state index in [1.807, 2.05) is 27.7 Å². The summed E-state index contributed by atoms with van der Waals surface area (Å²) >= 11 is 0. The average Bonchev–Trinajstić information content (AvgIpc) is 2.21. The van der Waals surface area contributed by atoms with Gasteiger partial charge in [-0.1, -0.05) is 27.7 Å². The van der Waals surface area contributed by atoms with E-state index in [2.05, 4.69) is 5.32 Å². The number of carboxylic acid groups (broad SMARTS) is 1. The largest absolute Gasteiger partial charge is 0.481 e. The van der Waals surface area contributed by atoms with Gasteiger partial charge in [-0.25, -0.2) is 4.79 Å². The molecular weight excluding hydrogens is 270 g/mol. The number of aliphatic carboxylic acids is 1. The van der Waals surface area contributed by atoms with Crippen LogP contribution in [0, 0.1) is 17.3 Å². The minimum absolute atomic E-state index is 0.0909. The average molecular weight is 301 g/mol. The summed E-state index contributed by atoms with van der Waals surface area (Å²) < 4.78 is 5.18. The number of hydrogen-bond acceptors (Lipinski definition) is 3. The Labute approximate surface area is 128 Å². The number of alkyl carbamates (subject to hydrolysis) is 1. The predicted molar refractivity (Wildman–Crippen MR) is 83.2 cm³/mol. The van der Waals surface area contributed by atoms with Crippen LogP contribution in [0.15, 0.2) is 0 Å². The minimum Gasteiger partial charge on any atom is -0.481 e. The zero-order chi connectivity index (χ0) is 16.8. The van der Waals surface area contributed by atoms with Crippen LogP contribution in [0.1, 0.15) is 61.3 Å². The maximum Gasteiger partial charge on any atom is 0.407 e. The number of rotatable bonds is 7. The lowest BCUT2D eigenvalue weighted by Crippen LogP contribution is -2.46. The number of nitrogens with one attached hydrogen (secondary N) is 1. The maximum absolute atomic E-state index is 11.8. The molecule has 21 heavy (non-hydrogen) atoms. The van der Waals surface area contributed by atoms with Gasteiger partial charge in [-0.2, -0.15) is 0 Å². The molecule has 0 atom stereocenters. The molecule has 0 unspecified atom stereocenters. The lowest BCUT2D eigenvalue weighted by atomic mass is 9.74. The second-order valence-corrected chi connectivity index (χ2v) is 7.64. The fraction of sp³-hybridized carbons (Fsp3) is 0.875. The maximum atomic E-state index is 11.8. The smallest absolute Gasteiger partial charge is 0.407 e. The van der Waals surface area contributed by atoms with Crippen molar-refractivity contribution in [1.29, 1.82) is 0 Å². The first-order valence-electron chi connectivity index (χ1n) is 7.58. The zero-order valence-corrected chi connectivity index (χ0v) is 14.4. The van der Waals surface area contributed by atoms with Crippen LogP contribution in [-0.4, -0.2) is 29.3 Å². The van der Waals surface area contributed by atoms with Crippen LogP contribution in [-0.2, 0) is 9.53 Å². The van der Waals surface area contributed by atoms with E-state index in [9.17, 15) is 14.7 Å². The van der Waals surface area contributed by atoms with Crippen molar-refractivity contribution in [2.75, 3.05) is 6.54 Å². The highest BCUT2D eigenvalue weighted by Gasteiger charge is 2.40. The molecule has 0 heterocycles. The summed E-state index contributed by atoms with van der Waals surface area (Å²) in [6.45, 7) is 13.4. The molecule has 5 nitrogen and oxygen atoms in total. The molecule has 0 aliphatic heterocycles. The van der Waals surface area contributed by atoms with Gasteiger partial charge in [0.1, 0.15) is 5.60 Å². The Morgan fingerprint density at radius 1 is 1.05 bits per heavy atom. The summed E-state index contributed by atoms with van der Waals surface area (Å²) in [5, 5.41) is 12.3. The molecule has 0 aromatic rings. The van der Waals surface area contributed by atoms with Gasteiger partial charge in [-0.15, -0.1) is 0 Å². The van der Waals surface area contributed by atoms with E-state index in [-0.39, 0.29) is 18.4 Å². The Balaban J connectivity index is 4.96. The number of carbonyl (C=O) groups excluding carboxylic acids is 1. The fourth-order valence-corrected chi connectivity index (χ4v) is 2.60. The van der Waals surface area contributed by atoms with E-state index >= 15 is 0 Å². The van der Waals surface area contributed by atoms with Crippen molar-refractivity contribution < 1.29 is 19.4 Å². The molecule has 0 fully saturated rings. The van der Waals surface area contributed by atoms with Crippen molar-refractivity contribution >= 4 is 12.1 Å². The van der Waals surface area contributed by atoms with Crippen molar-refractivity contribution in [3.05, 3.63) is 0 Å². The van der Waals surface area contributed by atoms with Crippen molar-refractivity contribution in [2.24, 2.45) is 17.3 Å². The highest BCUT2D eigenvalue weighted by Crippen LogP contribution is 2.33. The third-order valence-electron chi connectivity index (χ3n) is 3.02. The highest BCUT2D eigenvalue weighted by molar-refractivity contribution is 5.76. The quantitative estimate of drug-likeness (QED) is 0.752. The molecule has 2 N–H and O–H groups in total. The highest BCUT2D eigenvalue weighted by atomic mass is 16.6. The summed E-state index contributed by atoms with van der Waals surface area (Å²) in [7, 11) is 0. The van der Waals surface area contributed by atoms with Crippen molar-refractivity contribution in [1.82, 2.24) is 5.32 Å². The number of carbonyl (C=O) groups is 2. The van der Waals surface area contributed by atoms with E-state index in [4.69, 9.17) is 4.74 Å². The van der Waals surface area contributed by atoms with Crippen molar-refractivity contribution in [2.45, 2.75) is 66.9 Å². The second kappa shape index (κ2) is 7.66. The van der Waals surface area contributed by atoms with Crippen LogP contribution in [0.25, 0.3) is 0 Å². The molecule has 1 amide bonds. The van der Waals surface area contributed by atoms with Gasteiger partial charge in [-0.05, 0) is 45.4 Å². The van der Waals surface area contributed by atoms with Gasteiger partial charge in [-0.3, -0.25) is 4.79 Å². The Hall–Kier alpha value is -1.26. The summed E-state index contributed by atoms with van der Waals surface area (Å²) in [6, 6.07) is 0. The van der Waals surface area contributed by atoms with Gasteiger partial charge < -0.3 is 15.2 Å². The van der Waals surface area contributed by atoms with Crippen LogP contribution in [0.4, 0.5) is 4.79 Å². The minimum atomic E-state index is -0.945. The van der Waals surface area contributed by atoms with Gasteiger partial charge in [0.2, 0.25) is 0 Å². The van der Waals surface area contributed by atoms with Crippen LogP contribution in [0.2, 0.25) is 0 Å². The molecular formula is C16H31NO4. The number of carboxylic acids is 1. The summed E-state index contributed by atoms with van der Waals surface area (Å²) in [5.74, 6) is -0.387. The first-order chi connectivity index (χ1) is 9.38. The van der Waals surface area contributed by atoms with E-state index in [1.165, 1.54) is 0 Å². The van der Waals surface area contributed by atoms with Gasteiger partial charge in [0, 0.05) is 6.54 Å². The molecule has 0 aliphatic rings. The number of ether oxygens (including phenoxy) is 1. The van der Waals surface area contributed by atoms with Crippen LogP contribution in [0.5, 0.6) is 0 Å². The van der Waals surface area contributed by atoms with Crippen molar-refractivity contribution in [3.8, 4) is 0 Å². The number of hydrogen-bond donors (Lipinski definition) is 2. The molecule has 0 spiro atoms. The summed E-state index contributed by atoms with van der Waals surface area (Å²) in [6.07, 6.45) is 0.479. The molecule has 0 saturated carbocycles. The first-order valence-corrected chi connectivity index (χ1v) is 7.58. The van der Waals surface area contributed by atoms with Gasteiger partial charge in [0.25, 0.3) is 0 Å². The van der Waals surface area contributed by atoms with E-state index in [0.29, 0.717) is 12.8 Å². The third-order valence-corrected chi connectivity index (χ3v) is 3.02. The molecule has 5 heteroatoms. The zero-order valence-electron chi connectivity index (χ0n) is 14.4. The summed E-state index contributed by atoms with van der Waals surface area (Å²) in [4.78, 5) is 23.6. The molecule has 0 radical (unpaired) electrons. The predicted octanol–water partition coefficient (Wildman–Crippen LogP) is 3.67.